The molecule has 2 aliphatic rings. The predicted molar refractivity (Wildman–Crippen MR) is 164 cm³/mol. The SMILES string of the molecule is C=CC(=O)N1CCN(c2nc(=O)n3c4nc(c(F)cc24)-c2c(F)cccc2CCOCCc2ccnc(C(C)C)c2-3)[C@@H](C)C1. The standard InChI is InChI=1S/C33H34F2N6O3/c1-5-26(42)39-13-14-40(20(4)18-39)31-23-17-25(35)29-27-21(7-6-8-24(27)34)10-15-44-16-11-22-9-12-36-28(19(2)3)30(22)41(32(23)37-29)33(43)38-31/h5-9,12,17,19-20H,1,10-11,13-16,18H2,2-4H3/t20-/m0/s1. The van der Waals surface area contributed by atoms with Crippen molar-refractivity contribution < 1.29 is 18.3 Å². The zero-order valence-electron chi connectivity index (χ0n) is 25.0. The number of carbonyl (C=O) groups is 1. The van der Waals surface area contributed by atoms with Crippen LogP contribution in [0.5, 0.6) is 0 Å². The lowest BCUT2D eigenvalue weighted by Crippen LogP contribution is -2.54. The average molecular weight is 601 g/mol. The molecule has 0 N–H and O–H groups in total. The van der Waals surface area contributed by atoms with Gasteiger partial charge in [0.05, 0.1) is 30.0 Å². The minimum atomic E-state index is -0.739. The van der Waals surface area contributed by atoms with Crippen LogP contribution in [0.3, 0.4) is 0 Å². The lowest BCUT2D eigenvalue weighted by Gasteiger charge is -2.40. The summed E-state index contributed by atoms with van der Waals surface area (Å²) in [5, 5.41) is 0.301. The fourth-order valence-electron chi connectivity index (χ4n) is 6.21. The van der Waals surface area contributed by atoms with Crippen LogP contribution in [0.25, 0.3) is 28.0 Å². The first-order chi connectivity index (χ1) is 21.2. The van der Waals surface area contributed by atoms with E-state index in [0.717, 1.165) is 5.56 Å². The van der Waals surface area contributed by atoms with Crippen molar-refractivity contribution in [2.24, 2.45) is 0 Å². The number of ether oxygens (including phenoxy) is 1. The number of hydrogen-bond donors (Lipinski definition) is 0. The molecule has 2 bridgehead atoms. The second kappa shape index (κ2) is 11.9. The summed E-state index contributed by atoms with van der Waals surface area (Å²) in [6.07, 6.45) is 3.81. The van der Waals surface area contributed by atoms with Crippen molar-refractivity contribution in [1.29, 1.82) is 0 Å². The summed E-state index contributed by atoms with van der Waals surface area (Å²) in [5.74, 6) is -1.36. The van der Waals surface area contributed by atoms with Crippen molar-refractivity contribution in [2.45, 2.75) is 45.6 Å². The molecule has 3 aromatic heterocycles. The molecule has 1 amide bonds. The number of fused-ring (bicyclic) bond motifs is 5. The molecule has 228 valence electrons. The Morgan fingerprint density at radius 1 is 1.09 bits per heavy atom. The second-order valence-electron chi connectivity index (χ2n) is 11.5. The van der Waals surface area contributed by atoms with E-state index in [1.807, 2.05) is 31.7 Å². The van der Waals surface area contributed by atoms with Gasteiger partial charge >= 0.3 is 5.69 Å². The van der Waals surface area contributed by atoms with Gasteiger partial charge in [0.15, 0.2) is 5.65 Å². The Bertz CT molecular complexity index is 1840. The van der Waals surface area contributed by atoms with E-state index in [1.165, 1.54) is 22.8 Å². The fourth-order valence-corrected chi connectivity index (χ4v) is 6.21. The summed E-state index contributed by atoms with van der Waals surface area (Å²) in [5.41, 5.74) is 1.91. The van der Waals surface area contributed by atoms with E-state index in [2.05, 4.69) is 16.5 Å². The molecule has 0 unspecified atom stereocenters. The van der Waals surface area contributed by atoms with Crippen molar-refractivity contribution in [3.63, 3.8) is 0 Å². The van der Waals surface area contributed by atoms with Crippen molar-refractivity contribution in [3.8, 4) is 16.9 Å². The van der Waals surface area contributed by atoms with Crippen LogP contribution in [-0.4, -0.2) is 69.2 Å². The van der Waals surface area contributed by atoms with Crippen LogP contribution >= 0.6 is 0 Å². The van der Waals surface area contributed by atoms with Gasteiger partial charge in [0.1, 0.15) is 23.1 Å². The smallest absolute Gasteiger partial charge is 0.355 e. The Balaban J connectivity index is 1.68. The summed E-state index contributed by atoms with van der Waals surface area (Å²) < 4.78 is 39.0. The molecular weight excluding hydrogens is 566 g/mol. The Hall–Kier alpha value is -4.51. The van der Waals surface area contributed by atoms with Crippen LogP contribution in [-0.2, 0) is 22.4 Å². The van der Waals surface area contributed by atoms with Gasteiger partial charge in [-0.05, 0) is 61.1 Å². The first-order valence-corrected chi connectivity index (χ1v) is 14.8. The molecule has 5 heterocycles. The highest BCUT2D eigenvalue weighted by Crippen LogP contribution is 2.35. The van der Waals surface area contributed by atoms with Gasteiger partial charge in [0.25, 0.3) is 0 Å². The third-order valence-corrected chi connectivity index (χ3v) is 8.36. The van der Waals surface area contributed by atoms with Crippen molar-refractivity contribution in [1.82, 2.24) is 24.4 Å². The van der Waals surface area contributed by atoms with E-state index in [1.54, 1.807) is 23.2 Å². The molecule has 1 atom stereocenters. The van der Waals surface area contributed by atoms with E-state index in [0.29, 0.717) is 68.0 Å². The number of rotatable bonds is 3. The second-order valence-corrected chi connectivity index (χ2v) is 11.5. The molecule has 9 nitrogen and oxygen atoms in total. The molecule has 0 aliphatic carbocycles. The third-order valence-electron chi connectivity index (χ3n) is 8.36. The first kappa shape index (κ1) is 29.6. The van der Waals surface area contributed by atoms with Gasteiger partial charge in [-0.1, -0.05) is 32.6 Å². The largest absolute Gasteiger partial charge is 0.381 e. The number of nitrogens with zero attached hydrogens (tertiary/aromatic N) is 6. The fraction of sp³-hybridized carbons (Fsp3) is 0.364. The first-order valence-electron chi connectivity index (χ1n) is 14.8. The summed E-state index contributed by atoms with van der Waals surface area (Å²) in [6.45, 7) is 11.2. The lowest BCUT2D eigenvalue weighted by atomic mass is 10.00. The monoisotopic (exact) mass is 600 g/mol. The summed E-state index contributed by atoms with van der Waals surface area (Å²) in [4.78, 5) is 44.0. The molecule has 11 heteroatoms. The van der Waals surface area contributed by atoms with Gasteiger partial charge in [-0.2, -0.15) is 4.98 Å². The lowest BCUT2D eigenvalue weighted by molar-refractivity contribution is -0.126. The molecule has 2 aliphatic heterocycles. The molecule has 44 heavy (non-hydrogen) atoms. The summed E-state index contributed by atoms with van der Waals surface area (Å²) >= 11 is 0. The van der Waals surface area contributed by atoms with Crippen LogP contribution in [0.2, 0.25) is 0 Å². The Morgan fingerprint density at radius 2 is 1.86 bits per heavy atom. The van der Waals surface area contributed by atoms with E-state index in [-0.39, 0.29) is 40.6 Å². The van der Waals surface area contributed by atoms with Crippen molar-refractivity contribution in [3.05, 3.63) is 88.1 Å². The topological polar surface area (TPSA) is 93.5 Å². The molecule has 1 saturated heterocycles. The van der Waals surface area contributed by atoms with Gasteiger partial charge in [0, 0.05) is 37.4 Å². The zero-order valence-corrected chi connectivity index (χ0v) is 25.0. The number of carbonyl (C=O) groups excluding carboxylic acids is 1. The zero-order chi connectivity index (χ0) is 31.1. The maximum absolute atomic E-state index is 16.2. The Kier molecular flexibility index (Phi) is 7.98. The summed E-state index contributed by atoms with van der Waals surface area (Å²) in [6, 6.07) is 7.48. The molecule has 1 fully saturated rings. The van der Waals surface area contributed by atoms with Gasteiger partial charge in [-0.3, -0.25) is 9.78 Å². The predicted octanol–water partition coefficient (Wildman–Crippen LogP) is 4.58. The van der Waals surface area contributed by atoms with Crippen LogP contribution in [0, 0.1) is 11.6 Å². The van der Waals surface area contributed by atoms with Gasteiger partial charge < -0.3 is 14.5 Å². The van der Waals surface area contributed by atoms with Crippen LogP contribution in [0.4, 0.5) is 14.6 Å². The number of piperazine rings is 1. The average Bonchev–Trinajstić information content (AvgIpc) is 3.01. The Morgan fingerprint density at radius 3 is 2.59 bits per heavy atom. The van der Waals surface area contributed by atoms with Crippen LogP contribution in [0.1, 0.15) is 43.5 Å². The van der Waals surface area contributed by atoms with Crippen LogP contribution in [0.15, 0.2) is 54.0 Å². The number of aromatic nitrogens is 4. The Labute approximate surface area is 253 Å². The molecule has 4 aromatic rings. The highest BCUT2D eigenvalue weighted by Gasteiger charge is 2.31. The van der Waals surface area contributed by atoms with Crippen molar-refractivity contribution >= 4 is 22.8 Å². The molecule has 0 saturated carbocycles. The van der Waals surface area contributed by atoms with E-state index < -0.39 is 17.3 Å². The minimum Gasteiger partial charge on any atom is -0.381 e. The number of pyridine rings is 2. The van der Waals surface area contributed by atoms with E-state index >= 15 is 8.78 Å². The number of benzene rings is 1. The molecule has 0 radical (unpaired) electrons. The molecule has 0 spiro atoms. The molecule has 6 rings (SSSR count). The van der Waals surface area contributed by atoms with Gasteiger partial charge in [-0.25, -0.2) is 23.1 Å². The normalized spacial score (nSPS) is 17.1. The highest BCUT2D eigenvalue weighted by molar-refractivity contribution is 5.91. The van der Waals surface area contributed by atoms with Gasteiger partial charge in [0.2, 0.25) is 5.91 Å². The van der Waals surface area contributed by atoms with Gasteiger partial charge in [-0.15, -0.1) is 0 Å². The number of amides is 1. The third kappa shape index (κ3) is 5.15. The minimum absolute atomic E-state index is 0.0347. The maximum atomic E-state index is 16.2. The highest BCUT2D eigenvalue weighted by atomic mass is 19.1. The molecule has 1 aromatic carbocycles. The molecular formula is C33H34F2N6O3. The summed E-state index contributed by atoms with van der Waals surface area (Å²) in [7, 11) is 0. The van der Waals surface area contributed by atoms with E-state index in [9.17, 15) is 9.59 Å². The number of hydrogen-bond acceptors (Lipinski definition) is 7. The maximum Gasteiger partial charge on any atom is 0.355 e. The van der Waals surface area contributed by atoms with E-state index in [4.69, 9.17) is 9.72 Å². The number of halogens is 2. The number of anilines is 1. The van der Waals surface area contributed by atoms with Crippen LogP contribution < -0.4 is 10.6 Å². The van der Waals surface area contributed by atoms with Crippen molar-refractivity contribution in [2.75, 3.05) is 37.7 Å². The quantitative estimate of drug-likeness (QED) is 0.318.